The number of carbonyl (C=O) groups is 1. The highest BCUT2D eigenvalue weighted by molar-refractivity contribution is 9.10. The monoisotopic (exact) mass is 496 g/mol. The topological polar surface area (TPSA) is 64.4 Å². The Hall–Kier alpha value is -3.09. The zero-order valence-corrected chi connectivity index (χ0v) is 19.1. The minimum absolute atomic E-state index is 0.325. The third-order valence-corrected chi connectivity index (χ3v) is 5.44. The number of fused-ring (bicyclic) bond motifs is 1. The van der Waals surface area contributed by atoms with Gasteiger partial charge < -0.3 is 14.5 Å². The second kappa shape index (κ2) is 8.96. The predicted molar refractivity (Wildman–Crippen MR) is 128 cm³/mol. The van der Waals surface area contributed by atoms with Crippen LogP contribution < -0.4 is 10.1 Å². The van der Waals surface area contributed by atoms with Crippen LogP contribution in [0.3, 0.4) is 0 Å². The van der Waals surface area contributed by atoms with E-state index in [1.165, 1.54) is 6.08 Å². The summed E-state index contributed by atoms with van der Waals surface area (Å²) in [6.45, 7) is 1.99. The summed E-state index contributed by atoms with van der Waals surface area (Å²) < 4.78 is 12.1. The molecule has 1 heterocycles. The molecule has 0 spiro atoms. The molecule has 0 unspecified atom stereocenters. The number of nitrogens with one attached hydrogen (secondary N) is 1. The Kier molecular flexibility index (Phi) is 6.11. The highest BCUT2D eigenvalue weighted by Gasteiger charge is 2.12. The smallest absolute Gasteiger partial charge is 0.248 e. The minimum Gasteiger partial charge on any atom is -0.496 e. The molecular formula is C24H18BrClN2O3. The van der Waals surface area contributed by atoms with Gasteiger partial charge in [-0.1, -0.05) is 33.6 Å². The number of carbonyl (C=O) groups excluding carboxylic acids is 1. The van der Waals surface area contributed by atoms with E-state index in [0.717, 1.165) is 21.1 Å². The summed E-state index contributed by atoms with van der Waals surface area (Å²) in [5, 5.41) is 3.22. The van der Waals surface area contributed by atoms with Gasteiger partial charge in [0.05, 0.1) is 17.8 Å². The van der Waals surface area contributed by atoms with Gasteiger partial charge in [0.15, 0.2) is 5.58 Å². The summed E-state index contributed by atoms with van der Waals surface area (Å²) in [7, 11) is 1.58. The Bertz CT molecular complexity index is 1310. The molecule has 0 aliphatic heterocycles. The van der Waals surface area contributed by atoms with E-state index in [4.69, 9.17) is 20.8 Å². The molecule has 0 bridgehead atoms. The molecular weight excluding hydrogens is 480 g/mol. The first-order chi connectivity index (χ1) is 14.9. The average molecular weight is 498 g/mol. The number of nitrogens with zero attached hydrogens (tertiary/aromatic N) is 1. The summed E-state index contributed by atoms with van der Waals surface area (Å²) >= 11 is 9.72. The standard InChI is InChI=1S/C24H18BrClN2O3/c1-14-3-8-19-22(11-14)31-24(28-19)16-4-7-18(26)20(13-16)27-23(29)10-5-15-12-17(25)6-9-21(15)30-2/h3-13H,1-2H3,(H,27,29)/b10-5+. The van der Waals surface area contributed by atoms with Crippen LogP contribution in [-0.2, 0) is 4.79 Å². The molecule has 1 aromatic heterocycles. The molecule has 156 valence electrons. The maximum absolute atomic E-state index is 12.5. The van der Waals surface area contributed by atoms with Gasteiger partial charge in [0.25, 0.3) is 0 Å². The van der Waals surface area contributed by atoms with Gasteiger partial charge in [-0.2, -0.15) is 0 Å². The van der Waals surface area contributed by atoms with E-state index >= 15 is 0 Å². The number of rotatable bonds is 5. The third-order valence-electron chi connectivity index (χ3n) is 4.62. The number of oxazole rings is 1. The molecule has 4 rings (SSSR count). The van der Waals surface area contributed by atoms with Crippen LogP contribution in [0.4, 0.5) is 5.69 Å². The molecule has 5 nitrogen and oxygen atoms in total. The zero-order valence-electron chi connectivity index (χ0n) is 16.8. The summed E-state index contributed by atoms with van der Waals surface area (Å²) in [6, 6.07) is 16.6. The molecule has 0 saturated heterocycles. The predicted octanol–water partition coefficient (Wildman–Crippen LogP) is 6.88. The van der Waals surface area contributed by atoms with Crippen molar-refractivity contribution in [3.05, 3.63) is 81.3 Å². The number of hydrogen-bond donors (Lipinski definition) is 1. The van der Waals surface area contributed by atoms with Crippen molar-refractivity contribution < 1.29 is 13.9 Å². The van der Waals surface area contributed by atoms with E-state index in [2.05, 4.69) is 26.2 Å². The lowest BCUT2D eigenvalue weighted by molar-refractivity contribution is -0.111. The van der Waals surface area contributed by atoms with Gasteiger partial charge in [0, 0.05) is 21.7 Å². The van der Waals surface area contributed by atoms with E-state index in [9.17, 15) is 4.79 Å². The van der Waals surface area contributed by atoms with Crippen molar-refractivity contribution in [2.45, 2.75) is 6.92 Å². The van der Waals surface area contributed by atoms with Gasteiger partial charge in [0.2, 0.25) is 11.8 Å². The number of ether oxygens (including phenoxy) is 1. The number of amides is 1. The molecule has 0 atom stereocenters. The lowest BCUT2D eigenvalue weighted by atomic mass is 10.1. The second-order valence-corrected chi connectivity index (χ2v) is 8.22. The molecule has 0 saturated carbocycles. The third kappa shape index (κ3) is 4.81. The second-order valence-electron chi connectivity index (χ2n) is 6.89. The number of hydrogen-bond acceptors (Lipinski definition) is 4. The van der Waals surface area contributed by atoms with E-state index in [1.54, 1.807) is 31.4 Å². The van der Waals surface area contributed by atoms with Crippen molar-refractivity contribution >= 4 is 56.3 Å². The molecule has 3 aromatic carbocycles. The number of benzene rings is 3. The van der Waals surface area contributed by atoms with Crippen LogP contribution in [0, 0.1) is 6.92 Å². The Morgan fingerprint density at radius 1 is 1.16 bits per heavy atom. The summed E-state index contributed by atoms with van der Waals surface area (Å²) in [5.74, 6) is 0.801. The number of anilines is 1. The first kappa shape index (κ1) is 21.2. The fourth-order valence-corrected chi connectivity index (χ4v) is 3.63. The maximum atomic E-state index is 12.5. The quantitative estimate of drug-likeness (QED) is 0.305. The molecule has 0 fully saturated rings. The number of aryl methyl sites for hydroxylation is 1. The summed E-state index contributed by atoms with van der Waals surface area (Å²) in [4.78, 5) is 17.0. The number of halogens is 2. The normalized spacial score (nSPS) is 11.2. The largest absolute Gasteiger partial charge is 0.496 e. The summed E-state index contributed by atoms with van der Waals surface area (Å²) in [6.07, 6.45) is 3.11. The highest BCUT2D eigenvalue weighted by Crippen LogP contribution is 2.31. The molecule has 1 N–H and O–H groups in total. The van der Waals surface area contributed by atoms with E-state index < -0.39 is 0 Å². The van der Waals surface area contributed by atoms with Crippen LogP contribution in [0.1, 0.15) is 11.1 Å². The fraction of sp³-hybridized carbons (Fsp3) is 0.0833. The van der Waals surface area contributed by atoms with E-state index in [1.807, 2.05) is 43.3 Å². The SMILES string of the molecule is COc1ccc(Br)cc1/C=C/C(=O)Nc1cc(-c2nc3ccc(C)cc3o2)ccc1Cl. The van der Waals surface area contributed by atoms with E-state index in [0.29, 0.717) is 33.5 Å². The zero-order chi connectivity index (χ0) is 22.0. The van der Waals surface area contributed by atoms with Crippen molar-refractivity contribution in [3.8, 4) is 17.2 Å². The highest BCUT2D eigenvalue weighted by atomic mass is 79.9. The van der Waals surface area contributed by atoms with Crippen molar-refractivity contribution in [1.82, 2.24) is 4.98 Å². The van der Waals surface area contributed by atoms with Crippen LogP contribution in [0.2, 0.25) is 5.02 Å². The molecule has 0 aliphatic carbocycles. The Labute approximate surface area is 192 Å². The van der Waals surface area contributed by atoms with Crippen LogP contribution >= 0.6 is 27.5 Å². The van der Waals surface area contributed by atoms with Crippen LogP contribution in [0.5, 0.6) is 5.75 Å². The van der Waals surface area contributed by atoms with E-state index in [-0.39, 0.29) is 5.91 Å². The van der Waals surface area contributed by atoms with Gasteiger partial charge in [-0.15, -0.1) is 0 Å². The lowest BCUT2D eigenvalue weighted by Gasteiger charge is -2.07. The first-order valence-electron chi connectivity index (χ1n) is 9.42. The molecule has 31 heavy (non-hydrogen) atoms. The molecule has 4 aromatic rings. The minimum atomic E-state index is -0.325. The molecule has 0 radical (unpaired) electrons. The lowest BCUT2D eigenvalue weighted by Crippen LogP contribution is -2.08. The van der Waals surface area contributed by atoms with Gasteiger partial charge in [-0.05, 0) is 67.1 Å². The Morgan fingerprint density at radius 2 is 2.00 bits per heavy atom. The van der Waals surface area contributed by atoms with Crippen molar-refractivity contribution in [3.63, 3.8) is 0 Å². The fourth-order valence-electron chi connectivity index (χ4n) is 3.08. The Balaban J connectivity index is 1.57. The average Bonchev–Trinajstić information content (AvgIpc) is 3.17. The van der Waals surface area contributed by atoms with Gasteiger partial charge in [-0.25, -0.2) is 4.98 Å². The van der Waals surface area contributed by atoms with Crippen molar-refractivity contribution in [2.75, 3.05) is 12.4 Å². The van der Waals surface area contributed by atoms with Gasteiger partial charge in [0.1, 0.15) is 11.3 Å². The summed E-state index contributed by atoms with van der Waals surface area (Å²) in [5.41, 5.74) is 4.52. The van der Waals surface area contributed by atoms with Gasteiger partial charge >= 0.3 is 0 Å². The number of methoxy groups -OCH3 is 1. The van der Waals surface area contributed by atoms with Crippen LogP contribution in [0.15, 0.2) is 69.6 Å². The first-order valence-corrected chi connectivity index (χ1v) is 10.6. The maximum Gasteiger partial charge on any atom is 0.248 e. The Morgan fingerprint density at radius 3 is 2.81 bits per heavy atom. The molecule has 1 amide bonds. The van der Waals surface area contributed by atoms with Crippen LogP contribution in [0.25, 0.3) is 28.6 Å². The van der Waals surface area contributed by atoms with Crippen molar-refractivity contribution in [1.29, 1.82) is 0 Å². The molecule has 0 aliphatic rings. The number of aromatic nitrogens is 1. The van der Waals surface area contributed by atoms with Crippen LogP contribution in [-0.4, -0.2) is 18.0 Å². The molecule has 7 heteroatoms. The van der Waals surface area contributed by atoms with Crippen molar-refractivity contribution in [2.24, 2.45) is 0 Å². The van der Waals surface area contributed by atoms with Gasteiger partial charge in [-0.3, -0.25) is 4.79 Å².